The fourth-order valence-electron chi connectivity index (χ4n) is 4.38. The number of rotatable bonds is 25. The zero-order chi connectivity index (χ0) is 32.9. The Morgan fingerprint density at radius 3 is 1.67 bits per heavy atom. The van der Waals surface area contributed by atoms with Gasteiger partial charge in [-0.3, -0.25) is 27.9 Å². The van der Waals surface area contributed by atoms with E-state index in [9.17, 15) is 14.2 Å². The summed E-state index contributed by atoms with van der Waals surface area (Å²) in [6, 6.07) is 1.23. The fourth-order valence-corrected chi connectivity index (χ4v) is 5.24. The first kappa shape index (κ1) is 43.8. The van der Waals surface area contributed by atoms with Crippen LogP contribution >= 0.6 is 7.82 Å². The Bertz CT molecular complexity index is 900. The van der Waals surface area contributed by atoms with Gasteiger partial charge in [0.25, 0.3) is 5.56 Å². The second-order valence-corrected chi connectivity index (χ2v) is 11.8. The highest BCUT2D eigenvalue weighted by Crippen LogP contribution is 2.49. The second-order valence-electron chi connectivity index (χ2n) is 10.00. The molecule has 1 aromatic heterocycles. The molecule has 0 fully saturated rings. The smallest absolute Gasteiger partial charge is 0.335 e. The van der Waals surface area contributed by atoms with Crippen LogP contribution in [0.5, 0.6) is 0 Å². The van der Waals surface area contributed by atoms with Gasteiger partial charge in [0, 0.05) is 26.5 Å². The normalized spacial score (nSPS) is 13.3. The zero-order valence-electron chi connectivity index (χ0n) is 28.9. The van der Waals surface area contributed by atoms with Crippen molar-refractivity contribution in [2.24, 2.45) is 0 Å². The number of nitrogens with one attached hydrogen (secondary N) is 1. The largest absolute Gasteiger partial charge is 0.474 e. The summed E-state index contributed by atoms with van der Waals surface area (Å²) >= 11 is 0. The van der Waals surface area contributed by atoms with Crippen molar-refractivity contribution in [1.29, 1.82) is 0 Å². The lowest BCUT2D eigenvalue weighted by atomic mass is 10.0. The molecule has 1 N–H and O–H groups in total. The number of nitrogens with zero attached hydrogens (tertiary/aromatic N) is 1. The van der Waals surface area contributed by atoms with Gasteiger partial charge in [0.2, 0.25) is 6.41 Å². The summed E-state index contributed by atoms with van der Waals surface area (Å²) in [4.78, 5) is 26.2. The molecule has 10 nitrogen and oxygen atoms in total. The van der Waals surface area contributed by atoms with Crippen LogP contribution in [0.25, 0.3) is 0 Å². The molecular formula is C32H65N2O8P. The van der Waals surface area contributed by atoms with Crippen molar-refractivity contribution in [3.05, 3.63) is 33.1 Å². The van der Waals surface area contributed by atoms with Gasteiger partial charge in [-0.2, -0.15) is 0 Å². The molecule has 2 unspecified atom stereocenters. The molecule has 1 rings (SSSR count). The maximum atomic E-state index is 12.4. The monoisotopic (exact) mass is 636 g/mol. The number of unbranched alkanes of at least 4 members (excludes halogenated alkanes) is 13. The Kier molecular flexibility index (Phi) is 30.0. The van der Waals surface area contributed by atoms with Crippen LogP contribution in [-0.2, 0) is 27.6 Å². The molecule has 0 saturated carbocycles. The molecule has 0 aliphatic rings. The average molecular weight is 637 g/mol. The number of hydrogen-bond acceptors (Lipinski definition) is 8. The van der Waals surface area contributed by atoms with Gasteiger partial charge < -0.3 is 9.47 Å². The molecule has 0 saturated heterocycles. The van der Waals surface area contributed by atoms with Crippen LogP contribution < -0.4 is 11.2 Å². The van der Waals surface area contributed by atoms with E-state index in [4.69, 9.17) is 23.0 Å². The van der Waals surface area contributed by atoms with Gasteiger partial charge in [0.15, 0.2) is 0 Å². The lowest BCUT2D eigenvalue weighted by Gasteiger charge is -2.30. The van der Waals surface area contributed by atoms with E-state index in [0.717, 1.165) is 19.3 Å². The fraction of sp³-hybridized carbons (Fsp3) is 0.875. The summed E-state index contributed by atoms with van der Waals surface area (Å²) in [5.41, 5.74) is -1.15. The van der Waals surface area contributed by atoms with Crippen LogP contribution in [0.2, 0.25) is 0 Å². The Hall–Kier alpha value is -1.29. The molecule has 1 heterocycles. The van der Waals surface area contributed by atoms with Gasteiger partial charge in [0.1, 0.15) is 0 Å². The van der Waals surface area contributed by atoms with Crippen molar-refractivity contribution >= 4 is 7.82 Å². The molecule has 0 aliphatic carbocycles. The minimum atomic E-state index is -3.73. The van der Waals surface area contributed by atoms with Gasteiger partial charge in [0.05, 0.1) is 18.8 Å². The van der Waals surface area contributed by atoms with Crippen LogP contribution in [0.1, 0.15) is 151 Å². The van der Waals surface area contributed by atoms with E-state index < -0.39 is 37.7 Å². The van der Waals surface area contributed by atoms with Gasteiger partial charge >= 0.3 is 13.5 Å². The topological polar surface area (TPSA) is 118 Å². The third-order valence-corrected chi connectivity index (χ3v) is 8.28. The highest BCUT2D eigenvalue weighted by Gasteiger charge is 2.32. The van der Waals surface area contributed by atoms with Gasteiger partial charge in [-0.05, 0) is 19.8 Å². The maximum absolute atomic E-state index is 12.4. The van der Waals surface area contributed by atoms with Crippen LogP contribution in [0.15, 0.2) is 21.9 Å². The number of hydrogen-bond donors (Lipinski definition) is 1. The highest BCUT2D eigenvalue weighted by molar-refractivity contribution is 7.48. The van der Waals surface area contributed by atoms with Crippen molar-refractivity contribution in [1.82, 2.24) is 9.55 Å². The summed E-state index contributed by atoms with van der Waals surface area (Å²) < 4.78 is 40.9. The number of aromatic amines is 1. The first-order chi connectivity index (χ1) is 20.8. The van der Waals surface area contributed by atoms with Crippen LogP contribution in [0.3, 0.4) is 0 Å². The summed E-state index contributed by atoms with van der Waals surface area (Å²) in [5, 5.41) is 0. The van der Waals surface area contributed by atoms with Crippen LogP contribution in [0, 0.1) is 0 Å². The number of ether oxygens (including phenoxy) is 2. The molecule has 0 bridgehead atoms. The van der Waals surface area contributed by atoms with Crippen molar-refractivity contribution in [2.75, 3.05) is 20.8 Å². The average Bonchev–Trinajstić information content (AvgIpc) is 3.02. The Morgan fingerprint density at radius 1 is 0.791 bits per heavy atom. The molecule has 3 atom stereocenters. The van der Waals surface area contributed by atoms with Gasteiger partial charge in [-0.15, -0.1) is 0 Å². The number of phosphoric ester groups is 1. The number of phosphoric acid groups is 1. The SMILES string of the molecule is CC.CC.CCCCCCCCCCCCCCCCO[C@@H](OC(CC)C(C)OP(=O)(OC)OC)n1ccc(=O)[nH]c1=O. The minimum Gasteiger partial charge on any atom is -0.335 e. The molecule has 0 amide bonds. The first-order valence-corrected chi connectivity index (χ1v) is 18.2. The molecular weight excluding hydrogens is 571 g/mol. The third-order valence-electron chi connectivity index (χ3n) is 6.80. The van der Waals surface area contributed by atoms with E-state index in [1.165, 1.54) is 102 Å². The standard InChI is InChI=1S/C28H53N2O8P.2C2H6/c1-6-8-9-10-11-12-13-14-15-16-17-18-19-20-23-36-28(30-22-21-26(31)29-27(30)32)37-25(7-2)24(3)38-39(33,34-4)35-5;2*1-2/h21-22,24-25,28H,6-20,23H2,1-5H3,(H,29,31,32);2*1-2H3/t24?,25?,28-;;/m0../s1. The molecule has 256 valence electrons. The molecule has 0 radical (unpaired) electrons. The molecule has 0 aliphatic heterocycles. The number of H-pyrrole nitrogens is 1. The Labute approximate surface area is 262 Å². The van der Waals surface area contributed by atoms with Crippen LogP contribution in [-0.4, -0.2) is 42.6 Å². The van der Waals surface area contributed by atoms with Crippen LogP contribution in [0.4, 0.5) is 0 Å². The van der Waals surface area contributed by atoms with E-state index in [1.54, 1.807) is 6.92 Å². The summed E-state index contributed by atoms with van der Waals surface area (Å²) in [5.74, 6) is 0. The number of aromatic nitrogens is 2. The third kappa shape index (κ3) is 21.1. The van der Waals surface area contributed by atoms with E-state index in [1.807, 2.05) is 34.6 Å². The molecule has 1 aromatic rings. The maximum Gasteiger partial charge on any atom is 0.474 e. The van der Waals surface area contributed by atoms with Crippen molar-refractivity contribution < 1.29 is 27.6 Å². The van der Waals surface area contributed by atoms with Gasteiger partial charge in [-0.1, -0.05) is 125 Å². The second kappa shape index (κ2) is 29.4. The van der Waals surface area contributed by atoms with Gasteiger partial charge in [-0.25, -0.2) is 9.36 Å². The van der Waals surface area contributed by atoms with E-state index in [-0.39, 0.29) is 0 Å². The highest BCUT2D eigenvalue weighted by atomic mass is 31.2. The molecule has 0 aromatic carbocycles. The summed E-state index contributed by atoms with van der Waals surface area (Å²) in [6.45, 7) is 14.2. The van der Waals surface area contributed by atoms with Crippen molar-refractivity contribution in [3.63, 3.8) is 0 Å². The summed E-state index contributed by atoms with van der Waals surface area (Å²) in [7, 11) is -1.25. The van der Waals surface area contributed by atoms with Crippen molar-refractivity contribution in [3.8, 4) is 0 Å². The Balaban J connectivity index is 0. The Morgan fingerprint density at radius 2 is 1.26 bits per heavy atom. The predicted molar refractivity (Wildman–Crippen MR) is 177 cm³/mol. The zero-order valence-corrected chi connectivity index (χ0v) is 29.8. The van der Waals surface area contributed by atoms with E-state index >= 15 is 0 Å². The van der Waals surface area contributed by atoms with Crippen molar-refractivity contribution in [2.45, 2.75) is 163 Å². The lowest BCUT2D eigenvalue weighted by Crippen LogP contribution is -2.38. The quantitative estimate of drug-likeness (QED) is 0.0641. The minimum absolute atomic E-state index is 0.384. The van der Waals surface area contributed by atoms with E-state index in [0.29, 0.717) is 13.0 Å². The molecule has 43 heavy (non-hydrogen) atoms. The lowest BCUT2D eigenvalue weighted by molar-refractivity contribution is -0.233. The first-order valence-electron chi connectivity index (χ1n) is 16.8. The van der Waals surface area contributed by atoms with E-state index in [2.05, 4.69) is 11.9 Å². The summed E-state index contributed by atoms with van der Waals surface area (Å²) in [6.07, 6.45) is 17.1. The predicted octanol–water partition coefficient (Wildman–Crippen LogP) is 9.14. The molecule has 11 heteroatoms. The molecule has 0 spiro atoms.